The first-order valence-corrected chi connectivity index (χ1v) is 3.91. The lowest BCUT2D eigenvalue weighted by Crippen LogP contribution is -2.38. The highest BCUT2D eigenvalue weighted by molar-refractivity contribution is 5.95. The van der Waals surface area contributed by atoms with Crippen LogP contribution in [0, 0.1) is 0 Å². The van der Waals surface area contributed by atoms with E-state index in [0.29, 0.717) is 11.6 Å². The third-order valence-corrected chi connectivity index (χ3v) is 1.77. The van der Waals surface area contributed by atoms with E-state index >= 15 is 0 Å². The lowest BCUT2D eigenvalue weighted by atomic mass is 10.3. The van der Waals surface area contributed by atoms with Crippen LogP contribution in [0.1, 0.15) is 0 Å². The number of carbonyl (C=O) groups is 1. The maximum absolute atomic E-state index is 11.2. The highest BCUT2D eigenvalue weighted by atomic mass is 16.5. The number of aromatic nitrogens is 1. The molecule has 1 atom stereocenters. The van der Waals surface area contributed by atoms with Crippen molar-refractivity contribution in [2.45, 2.75) is 6.04 Å². The number of ether oxygens (including phenoxy) is 1. The van der Waals surface area contributed by atoms with Crippen molar-refractivity contribution in [2.24, 2.45) is 5.73 Å². The van der Waals surface area contributed by atoms with Crippen LogP contribution >= 0.6 is 0 Å². The summed E-state index contributed by atoms with van der Waals surface area (Å²) < 4.78 is 5.26. The maximum atomic E-state index is 11.2. The van der Waals surface area contributed by atoms with Crippen LogP contribution in [0.2, 0.25) is 0 Å². The number of fused-ring (bicyclic) bond motifs is 1. The van der Waals surface area contributed by atoms with E-state index in [0.717, 1.165) is 0 Å². The molecular weight excluding hydrogens is 170 g/mol. The number of carbonyl (C=O) groups excluding carboxylic acids is 1. The van der Waals surface area contributed by atoms with Crippen LogP contribution in [0.15, 0.2) is 18.3 Å². The first-order chi connectivity index (χ1) is 6.27. The van der Waals surface area contributed by atoms with E-state index in [1.54, 1.807) is 18.3 Å². The van der Waals surface area contributed by atoms with E-state index < -0.39 is 6.04 Å². The summed E-state index contributed by atoms with van der Waals surface area (Å²) in [5, 5.41) is 2.57. The van der Waals surface area contributed by atoms with Crippen LogP contribution in [-0.4, -0.2) is 23.5 Å². The van der Waals surface area contributed by atoms with Gasteiger partial charge in [-0.15, -0.1) is 0 Å². The van der Waals surface area contributed by atoms with E-state index in [1.807, 2.05) is 0 Å². The lowest BCUT2D eigenvalue weighted by Gasteiger charge is -2.04. The van der Waals surface area contributed by atoms with Gasteiger partial charge in [-0.2, -0.15) is 0 Å². The Balaban J connectivity index is 2.35. The fourth-order valence-corrected chi connectivity index (χ4v) is 1.07. The molecule has 2 rings (SSSR count). The Morgan fingerprint density at radius 1 is 1.69 bits per heavy atom. The van der Waals surface area contributed by atoms with Gasteiger partial charge in [0, 0.05) is 6.20 Å². The topological polar surface area (TPSA) is 77.2 Å². The lowest BCUT2D eigenvalue weighted by molar-refractivity contribution is -0.117. The molecule has 0 saturated heterocycles. The minimum absolute atomic E-state index is 0.185. The number of amides is 1. The molecule has 1 aliphatic rings. The summed E-state index contributed by atoms with van der Waals surface area (Å²) in [6.07, 6.45) is 1.58. The first kappa shape index (κ1) is 8.00. The maximum Gasteiger partial charge on any atom is 0.246 e. The van der Waals surface area contributed by atoms with E-state index in [-0.39, 0.29) is 12.5 Å². The fourth-order valence-electron chi connectivity index (χ4n) is 1.07. The minimum Gasteiger partial charge on any atom is -0.488 e. The third kappa shape index (κ3) is 1.46. The molecule has 0 saturated carbocycles. The summed E-state index contributed by atoms with van der Waals surface area (Å²) >= 11 is 0. The summed E-state index contributed by atoms with van der Waals surface area (Å²) in [5.74, 6) is 0.724. The molecule has 1 aromatic rings. The summed E-state index contributed by atoms with van der Waals surface area (Å²) in [4.78, 5) is 15.2. The van der Waals surface area contributed by atoms with E-state index in [2.05, 4.69) is 10.3 Å². The number of nitrogens with two attached hydrogens (primary N) is 1. The molecule has 13 heavy (non-hydrogen) atoms. The molecule has 0 radical (unpaired) electrons. The van der Waals surface area contributed by atoms with E-state index in [4.69, 9.17) is 10.5 Å². The number of nitrogens with zero attached hydrogens (tertiary/aromatic N) is 1. The molecule has 0 aliphatic carbocycles. The SMILES string of the molecule is N[C@H]1COc2cccnc2NC1=O. The summed E-state index contributed by atoms with van der Waals surface area (Å²) in [7, 11) is 0. The van der Waals surface area contributed by atoms with Gasteiger partial charge in [-0.05, 0) is 12.1 Å². The van der Waals surface area contributed by atoms with Crippen molar-refractivity contribution in [2.75, 3.05) is 11.9 Å². The number of hydrogen-bond donors (Lipinski definition) is 2. The highest BCUT2D eigenvalue weighted by Gasteiger charge is 2.21. The largest absolute Gasteiger partial charge is 0.488 e. The van der Waals surface area contributed by atoms with Crippen LogP contribution in [0.5, 0.6) is 5.75 Å². The molecule has 0 fully saturated rings. The Kier molecular flexibility index (Phi) is 1.86. The van der Waals surface area contributed by atoms with Crippen molar-refractivity contribution in [3.8, 4) is 5.75 Å². The average Bonchev–Trinajstić information content (AvgIpc) is 2.28. The van der Waals surface area contributed by atoms with Crippen LogP contribution in [0.4, 0.5) is 5.82 Å². The zero-order valence-electron chi connectivity index (χ0n) is 6.86. The van der Waals surface area contributed by atoms with Crippen molar-refractivity contribution in [3.63, 3.8) is 0 Å². The number of rotatable bonds is 0. The van der Waals surface area contributed by atoms with Gasteiger partial charge in [0.1, 0.15) is 12.6 Å². The van der Waals surface area contributed by atoms with Crippen molar-refractivity contribution in [3.05, 3.63) is 18.3 Å². The molecule has 0 spiro atoms. The first-order valence-electron chi connectivity index (χ1n) is 3.91. The van der Waals surface area contributed by atoms with Crippen molar-refractivity contribution >= 4 is 11.7 Å². The molecule has 5 nitrogen and oxygen atoms in total. The third-order valence-electron chi connectivity index (χ3n) is 1.77. The Bertz CT molecular complexity index is 340. The Labute approximate surface area is 74.9 Å². The number of nitrogens with one attached hydrogen (secondary N) is 1. The Morgan fingerprint density at radius 2 is 2.54 bits per heavy atom. The minimum atomic E-state index is -0.630. The molecule has 2 heterocycles. The normalized spacial score (nSPS) is 21.0. The molecule has 0 bridgehead atoms. The number of hydrogen-bond acceptors (Lipinski definition) is 4. The molecule has 5 heteroatoms. The molecule has 1 amide bonds. The van der Waals surface area contributed by atoms with Crippen molar-refractivity contribution in [1.82, 2.24) is 4.98 Å². The van der Waals surface area contributed by atoms with Crippen LogP contribution in [0.3, 0.4) is 0 Å². The van der Waals surface area contributed by atoms with Gasteiger partial charge in [0.15, 0.2) is 11.6 Å². The fraction of sp³-hybridized carbons (Fsp3) is 0.250. The summed E-state index contributed by atoms with van der Waals surface area (Å²) in [6, 6.07) is 2.84. The van der Waals surface area contributed by atoms with Crippen molar-refractivity contribution in [1.29, 1.82) is 0 Å². The molecule has 68 valence electrons. The predicted octanol–water partition coefficient (Wildman–Crippen LogP) is -0.260. The molecule has 0 unspecified atom stereocenters. The quantitative estimate of drug-likeness (QED) is 0.575. The smallest absolute Gasteiger partial charge is 0.246 e. The molecule has 3 N–H and O–H groups in total. The monoisotopic (exact) mass is 179 g/mol. The molecule has 0 aromatic carbocycles. The van der Waals surface area contributed by atoms with Crippen LogP contribution < -0.4 is 15.8 Å². The van der Waals surface area contributed by atoms with E-state index in [9.17, 15) is 4.79 Å². The van der Waals surface area contributed by atoms with Gasteiger partial charge in [-0.25, -0.2) is 4.98 Å². The van der Waals surface area contributed by atoms with Crippen LogP contribution in [0.25, 0.3) is 0 Å². The van der Waals surface area contributed by atoms with Gasteiger partial charge in [0.05, 0.1) is 0 Å². The van der Waals surface area contributed by atoms with Gasteiger partial charge < -0.3 is 15.8 Å². The highest BCUT2D eigenvalue weighted by Crippen LogP contribution is 2.22. The number of anilines is 1. The zero-order chi connectivity index (χ0) is 9.26. The number of pyridine rings is 1. The summed E-state index contributed by atoms with van der Waals surface area (Å²) in [6.45, 7) is 0.185. The predicted molar refractivity (Wildman–Crippen MR) is 46.3 cm³/mol. The molecule has 1 aromatic heterocycles. The van der Waals surface area contributed by atoms with Gasteiger partial charge in [0.2, 0.25) is 5.91 Å². The molecular formula is C8H9N3O2. The van der Waals surface area contributed by atoms with Crippen molar-refractivity contribution < 1.29 is 9.53 Å². The second-order valence-electron chi connectivity index (χ2n) is 2.76. The van der Waals surface area contributed by atoms with Gasteiger partial charge in [0.25, 0.3) is 0 Å². The van der Waals surface area contributed by atoms with Gasteiger partial charge >= 0.3 is 0 Å². The Hall–Kier alpha value is -1.62. The second kappa shape index (κ2) is 3.02. The Morgan fingerprint density at radius 3 is 3.38 bits per heavy atom. The van der Waals surface area contributed by atoms with Crippen LogP contribution in [-0.2, 0) is 4.79 Å². The van der Waals surface area contributed by atoms with E-state index in [1.165, 1.54) is 0 Å². The molecule has 1 aliphatic heterocycles. The van der Waals surface area contributed by atoms with Gasteiger partial charge in [-0.1, -0.05) is 0 Å². The second-order valence-corrected chi connectivity index (χ2v) is 2.76. The standard InChI is InChI=1S/C8H9N3O2/c9-5-4-13-6-2-1-3-10-7(6)11-8(5)12/h1-3,5H,4,9H2,(H,10,11,12)/t5-/m0/s1. The zero-order valence-corrected chi connectivity index (χ0v) is 6.86. The van der Waals surface area contributed by atoms with Gasteiger partial charge in [-0.3, -0.25) is 4.79 Å². The summed E-state index contributed by atoms with van der Waals surface area (Å²) in [5.41, 5.74) is 5.49. The average molecular weight is 179 g/mol.